The van der Waals surface area contributed by atoms with Crippen molar-refractivity contribution in [2.45, 2.75) is 40.2 Å². The van der Waals surface area contributed by atoms with E-state index in [0.717, 1.165) is 34.3 Å². The Labute approximate surface area is 178 Å². The molecule has 0 aliphatic carbocycles. The molecule has 0 saturated heterocycles. The first-order valence-corrected chi connectivity index (χ1v) is 10.3. The van der Waals surface area contributed by atoms with Crippen molar-refractivity contribution in [3.63, 3.8) is 0 Å². The maximum absolute atomic E-state index is 11.1. The van der Waals surface area contributed by atoms with Crippen molar-refractivity contribution >= 4 is 16.7 Å². The SMILES string of the molecule is C\C=C/C=C(\C=C(/C)CC)C(Nc1cc(C)ccn1)c1ccc2cccnc2c1O. The minimum absolute atomic E-state index is 0.187. The first-order valence-electron chi connectivity index (χ1n) is 10.3. The molecule has 1 aromatic carbocycles. The third kappa shape index (κ3) is 4.95. The van der Waals surface area contributed by atoms with Crippen LogP contribution in [0.25, 0.3) is 10.9 Å². The lowest BCUT2D eigenvalue weighted by atomic mass is 9.93. The summed E-state index contributed by atoms with van der Waals surface area (Å²) in [4.78, 5) is 8.89. The number of fused-ring (bicyclic) bond motifs is 1. The number of aryl methyl sites for hydroxylation is 1. The fraction of sp³-hybridized carbons (Fsp3) is 0.231. The van der Waals surface area contributed by atoms with Crippen molar-refractivity contribution in [3.05, 3.63) is 95.4 Å². The zero-order valence-electron chi connectivity index (χ0n) is 18.1. The molecule has 2 heterocycles. The largest absolute Gasteiger partial charge is 0.505 e. The van der Waals surface area contributed by atoms with Crippen molar-refractivity contribution in [2.75, 3.05) is 5.32 Å². The molecule has 0 spiro atoms. The normalized spacial score (nSPS) is 13.7. The molecule has 154 valence electrons. The van der Waals surface area contributed by atoms with E-state index in [1.165, 1.54) is 5.57 Å². The summed E-state index contributed by atoms with van der Waals surface area (Å²) >= 11 is 0. The van der Waals surface area contributed by atoms with Gasteiger partial charge < -0.3 is 10.4 Å². The lowest BCUT2D eigenvalue weighted by Crippen LogP contribution is -2.14. The summed E-state index contributed by atoms with van der Waals surface area (Å²) in [5.74, 6) is 0.946. The summed E-state index contributed by atoms with van der Waals surface area (Å²) in [6, 6.07) is 11.5. The van der Waals surface area contributed by atoms with Crippen LogP contribution in [0.5, 0.6) is 5.75 Å². The second-order valence-corrected chi connectivity index (χ2v) is 7.41. The van der Waals surface area contributed by atoms with Crippen LogP contribution in [-0.2, 0) is 0 Å². The number of phenols is 1. The molecule has 2 N–H and O–H groups in total. The second kappa shape index (κ2) is 9.88. The Morgan fingerprint density at radius 1 is 1.17 bits per heavy atom. The van der Waals surface area contributed by atoms with Crippen molar-refractivity contribution in [1.29, 1.82) is 0 Å². The smallest absolute Gasteiger partial charge is 0.147 e. The number of nitrogens with zero attached hydrogens (tertiary/aromatic N) is 2. The molecule has 3 rings (SSSR count). The van der Waals surface area contributed by atoms with E-state index in [9.17, 15) is 5.11 Å². The van der Waals surface area contributed by atoms with Crippen LogP contribution >= 0.6 is 0 Å². The highest BCUT2D eigenvalue weighted by Gasteiger charge is 2.21. The molecular formula is C26H29N3O. The van der Waals surface area contributed by atoms with Crippen molar-refractivity contribution < 1.29 is 5.11 Å². The molecule has 0 saturated carbocycles. The minimum Gasteiger partial charge on any atom is -0.505 e. The average Bonchev–Trinajstić information content (AvgIpc) is 2.76. The van der Waals surface area contributed by atoms with Crippen LogP contribution in [0.4, 0.5) is 5.82 Å². The maximum atomic E-state index is 11.1. The number of hydrogen-bond acceptors (Lipinski definition) is 4. The zero-order valence-corrected chi connectivity index (χ0v) is 18.1. The number of rotatable bonds is 7. The Morgan fingerprint density at radius 3 is 2.73 bits per heavy atom. The Kier molecular flexibility index (Phi) is 7.02. The van der Waals surface area contributed by atoms with E-state index < -0.39 is 0 Å². The standard InChI is InChI=1S/C26H29N3O/c1-5-7-9-21(16-18(3)6-2)24(29-23-17-19(4)13-15-27-23)22-12-11-20-10-8-14-28-25(20)26(22)30/h5,7-17,24,30H,6H2,1-4H3,(H,27,29)/b7-5-,18-16+,21-9+. The molecular weight excluding hydrogens is 370 g/mol. The summed E-state index contributed by atoms with van der Waals surface area (Å²) in [5.41, 5.74) is 4.78. The van der Waals surface area contributed by atoms with Gasteiger partial charge in [0.15, 0.2) is 0 Å². The zero-order chi connectivity index (χ0) is 21.5. The summed E-state index contributed by atoms with van der Waals surface area (Å²) < 4.78 is 0. The highest BCUT2D eigenvalue weighted by atomic mass is 16.3. The molecule has 0 bridgehead atoms. The van der Waals surface area contributed by atoms with Gasteiger partial charge in [0.1, 0.15) is 17.1 Å². The van der Waals surface area contributed by atoms with Crippen LogP contribution in [0, 0.1) is 6.92 Å². The molecule has 1 unspecified atom stereocenters. The molecule has 0 aliphatic heterocycles. The van der Waals surface area contributed by atoms with Gasteiger partial charge in [-0.1, -0.05) is 55.0 Å². The van der Waals surface area contributed by atoms with Gasteiger partial charge in [0, 0.05) is 23.3 Å². The average molecular weight is 400 g/mol. The van der Waals surface area contributed by atoms with E-state index in [0.29, 0.717) is 5.52 Å². The number of benzene rings is 1. The Bertz CT molecular complexity index is 1110. The number of nitrogens with one attached hydrogen (secondary N) is 1. The Hall–Kier alpha value is -3.40. The van der Waals surface area contributed by atoms with Crippen LogP contribution < -0.4 is 5.32 Å². The van der Waals surface area contributed by atoms with Gasteiger partial charge in [-0.2, -0.15) is 0 Å². The number of aromatic nitrogens is 2. The molecule has 2 aromatic heterocycles. The molecule has 1 atom stereocenters. The van der Waals surface area contributed by atoms with Gasteiger partial charge in [0.25, 0.3) is 0 Å². The lowest BCUT2D eigenvalue weighted by molar-refractivity contribution is 0.471. The first-order chi connectivity index (χ1) is 14.5. The number of aromatic hydroxyl groups is 1. The molecule has 4 nitrogen and oxygen atoms in total. The molecule has 0 amide bonds. The molecule has 0 aliphatic rings. The number of anilines is 1. The molecule has 0 radical (unpaired) electrons. The molecule has 30 heavy (non-hydrogen) atoms. The lowest BCUT2D eigenvalue weighted by Gasteiger charge is -2.23. The van der Waals surface area contributed by atoms with Gasteiger partial charge in [0.05, 0.1) is 6.04 Å². The van der Waals surface area contributed by atoms with Gasteiger partial charge in [-0.15, -0.1) is 0 Å². The first kappa shape index (κ1) is 21.3. The summed E-state index contributed by atoms with van der Waals surface area (Å²) in [7, 11) is 0. The van der Waals surface area contributed by atoms with Crippen LogP contribution in [-0.4, -0.2) is 15.1 Å². The Balaban J connectivity index is 2.19. The number of hydrogen-bond donors (Lipinski definition) is 2. The molecule has 0 fully saturated rings. The van der Waals surface area contributed by atoms with Crippen LogP contribution in [0.3, 0.4) is 0 Å². The van der Waals surface area contributed by atoms with E-state index in [4.69, 9.17) is 0 Å². The number of phenolic OH excluding ortho intramolecular Hbond substituents is 1. The number of allylic oxidation sites excluding steroid dienone is 4. The van der Waals surface area contributed by atoms with Crippen molar-refractivity contribution in [1.82, 2.24) is 9.97 Å². The van der Waals surface area contributed by atoms with Crippen LogP contribution in [0.15, 0.2) is 84.2 Å². The summed E-state index contributed by atoms with van der Waals surface area (Å²) in [6.07, 6.45) is 12.7. The third-order valence-corrected chi connectivity index (χ3v) is 5.08. The van der Waals surface area contributed by atoms with Crippen molar-refractivity contribution in [2.24, 2.45) is 0 Å². The quantitative estimate of drug-likeness (QED) is 0.436. The number of pyridine rings is 2. The van der Waals surface area contributed by atoms with Gasteiger partial charge >= 0.3 is 0 Å². The highest BCUT2D eigenvalue weighted by molar-refractivity contribution is 5.86. The van der Waals surface area contributed by atoms with Crippen molar-refractivity contribution in [3.8, 4) is 5.75 Å². The Morgan fingerprint density at radius 2 is 2.00 bits per heavy atom. The van der Waals surface area contributed by atoms with Gasteiger partial charge in [-0.25, -0.2) is 4.98 Å². The van der Waals surface area contributed by atoms with E-state index in [1.54, 1.807) is 12.4 Å². The van der Waals surface area contributed by atoms with Gasteiger partial charge in [-0.3, -0.25) is 4.98 Å². The van der Waals surface area contributed by atoms with Gasteiger partial charge in [-0.05, 0) is 56.5 Å². The minimum atomic E-state index is -0.289. The van der Waals surface area contributed by atoms with Crippen LogP contribution in [0.2, 0.25) is 0 Å². The second-order valence-electron chi connectivity index (χ2n) is 7.41. The maximum Gasteiger partial charge on any atom is 0.147 e. The summed E-state index contributed by atoms with van der Waals surface area (Å²) in [6.45, 7) is 8.29. The fourth-order valence-corrected chi connectivity index (χ4v) is 3.30. The topological polar surface area (TPSA) is 58.0 Å². The van der Waals surface area contributed by atoms with E-state index in [-0.39, 0.29) is 11.8 Å². The molecule has 3 aromatic rings. The predicted octanol–water partition coefficient (Wildman–Crippen LogP) is 6.66. The van der Waals surface area contributed by atoms with E-state index >= 15 is 0 Å². The van der Waals surface area contributed by atoms with E-state index in [1.807, 2.05) is 62.4 Å². The van der Waals surface area contributed by atoms with E-state index in [2.05, 4.69) is 41.3 Å². The predicted molar refractivity (Wildman–Crippen MR) is 126 cm³/mol. The highest BCUT2D eigenvalue weighted by Crippen LogP contribution is 2.37. The van der Waals surface area contributed by atoms with Gasteiger partial charge in [0.2, 0.25) is 0 Å². The summed E-state index contributed by atoms with van der Waals surface area (Å²) in [5, 5.41) is 15.6. The fourth-order valence-electron chi connectivity index (χ4n) is 3.30. The molecule has 4 heteroatoms. The third-order valence-electron chi connectivity index (χ3n) is 5.08. The monoisotopic (exact) mass is 399 g/mol. The van der Waals surface area contributed by atoms with Crippen LogP contribution in [0.1, 0.15) is 44.4 Å².